The average Bonchev–Trinajstić information content (AvgIpc) is 2.39. The van der Waals surface area contributed by atoms with E-state index in [2.05, 4.69) is 15.3 Å². The van der Waals surface area contributed by atoms with Crippen LogP contribution in [0.3, 0.4) is 0 Å². The molecule has 0 bridgehead atoms. The zero-order valence-electron chi connectivity index (χ0n) is 11.7. The van der Waals surface area contributed by atoms with Crippen LogP contribution in [0.1, 0.15) is 32.0 Å². The highest BCUT2D eigenvalue weighted by atomic mass is 16.2. The first-order valence-electron chi connectivity index (χ1n) is 6.71. The number of piperidine rings is 1. The van der Waals surface area contributed by atoms with Gasteiger partial charge in [0, 0.05) is 26.0 Å². The second-order valence-electron chi connectivity index (χ2n) is 4.87. The Bertz CT molecular complexity index is 531. The van der Waals surface area contributed by atoms with Gasteiger partial charge in [0.15, 0.2) is 0 Å². The summed E-state index contributed by atoms with van der Waals surface area (Å²) in [6.45, 7) is 2.03. The van der Waals surface area contributed by atoms with E-state index in [-0.39, 0.29) is 11.8 Å². The molecule has 7 heteroatoms. The lowest BCUT2D eigenvalue weighted by atomic mass is 10.0. The van der Waals surface area contributed by atoms with E-state index in [1.165, 1.54) is 7.05 Å². The van der Waals surface area contributed by atoms with E-state index in [1.54, 1.807) is 6.07 Å². The second-order valence-corrected chi connectivity index (χ2v) is 4.87. The van der Waals surface area contributed by atoms with Crippen molar-refractivity contribution in [1.29, 1.82) is 0 Å². The van der Waals surface area contributed by atoms with Gasteiger partial charge in [-0.25, -0.2) is 9.97 Å². The summed E-state index contributed by atoms with van der Waals surface area (Å²) in [6.07, 6.45) is 2.47. The minimum absolute atomic E-state index is 0.151. The molecule has 2 rings (SSSR count). The number of anilines is 2. The van der Waals surface area contributed by atoms with E-state index in [0.717, 1.165) is 17.7 Å². The molecular weight excluding hydrogens is 258 g/mol. The lowest BCUT2D eigenvalue weighted by Gasteiger charge is -2.28. The molecule has 20 heavy (non-hydrogen) atoms. The van der Waals surface area contributed by atoms with Gasteiger partial charge in [-0.15, -0.1) is 0 Å². The summed E-state index contributed by atoms with van der Waals surface area (Å²) in [4.78, 5) is 33.1. The summed E-state index contributed by atoms with van der Waals surface area (Å²) < 4.78 is 0. The van der Waals surface area contributed by atoms with Crippen LogP contribution in [0.4, 0.5) is 11.6 Å². The number of aryl methyl sites for hydroxylation is 1. The fourth-order valence-electron chi connectivity index (χ4n) is 2.16. The van der Waals surface area contributed by atoms with Crippen LogP contribution >= 0.6 is 0 Å². The molecule has 3 N–H and O–H groups in total. The van der Waals surface area contributed by atoms with Crippen molar-refractivity contribution in [3.8, 4) is 0 Å². The van der Waals surface area contributed by atoms with E-state index in [1.807, 2.05) is 6.92 Å². The number of nitrogens with zero attached hydrogens (tertiary/aromatic N) is 3. The third kappa shape index (κ3) is 3.04. The van der Waals surface area contributed by atoms with Gasteiger partial charge in [0.05, 0.1) is 0 Å². The average molecular weight is 277 g/mol. The summed E-state index contributed by atoms with van der Waals surface area (Å²) in [5, 5.41) is 3.05. The van der Waals surface area contributed by atoms with Gasteiger partial charge in [-0.2, -0.15) is 0 Å². The highest BCUT2D eigenvalue weighted by Crippen LogP contribution is 2.17. The third-order valence-electron chi connectivity index (χ3n) is 3.24. The molecule has 1 unspecified atom stereocenters. The molecule has 1 fully saturated rings. The number of nitrogens with two attached hydrogens (primary N) is 1. The number of amides is 2. The zero-order chi connectivity index (χ0) is 14.7. The fourth-order valence-corrected chi connectivity index (χ4v) is 2.16. The van der Waals surface area contributed by atoms with Gasteiger partial charge in [0.2, 0.25) is 5.91 Å². The lowest BCUT2D eigenvalue weighted by Crippen LogP contribution is -2.48. The number of carbonyl (C=O) groups excluding carboxylic acids is 2. The molecule has 0 saturated carbocycles. The van der Waals surface area contributed by atoms with Gasteiger partial charge >= 0.3 is 0 Å². The molecule has 7 nitrogen and oxygen atoms in total. The summed E-state index contributed by atoms with van der Waals surface area (Å²) in [5.41, 5.74) is 5.74. The number of nitrogens with one attached hydrogen (secondary N) is 1. The van der Waals surface area contributed by atoms with Gasteiger partial charge in [-0.1, -0.05) is 6.92 Å². The van der Waals surface area contributed by atoms with E-state index >= 15 is 0 Å². The standard InChI is InChI=1S/C13H19N5O2/c1-3-4-10-16-9(14)7-11(17-10)15-8-5-6-12(19)18(2)13(8)20/h7-8H,3-6H2,1-2H3,(H3,14,15,16,17). The summed E-state index contributed by atoms with van der Waals surface area (Å²) >= 11 is 0. The predicted molar refractivity (Wildman–Crippen MR) is 74.9 cm³/mol. The van der Waals surface area contributed by atoms with Crippen LogP contribution < -0.4 is 11.1 Å². The van der Waals surface area contributed by atoms with Crippen LogP contribution in [0, 0.1) is 0 Å². The normalized spacial score (nSPS) is 19.3. The SMILES string of the molecule is CCCc1nc(N)cc(NC2CCC(=O)N(C)C2=O)n1. The molecule has 1 aromatic rings. The Hall–Kier alpha value is -2.18. The Morgan fingerprint density at radius 3 is 2.90 bits per heavy atom. The van der Waals surface area contributed by atoms with Crippen molar-refractivity contribution in [2.45, 2.75) is 38.6 Å². The molecule has 2 heterocycles. The van der Waals surface area contributed by atoms with E-state index < -0.39 is 6.04 Å². The summed E-state index contributed by atoms with van der Waals surface area (Å²) in [6, 6.07) is 1.16. The van der Waals surface area contributed by atoms with Crippen LogP contribution in [0.15, 0.2) is 6.07 Å². The Kier molecular flexibility index (Phi) is 4.16. The fraction of sp³-hybridized carbons (Fsp3) is 0.538. The van der Waals surface area contributed by atoms with Crippen molar-refractivity contribution in [2.75, 3.05) is 18.1 Å². The van der Waals surface area contributed by atoms with Crippen molar-refractivity contribution < 1.29 is 9.59 Å². The summed E-state index contributed by atoms with van der Waals surface area (Å²) in [5.74, 6) is 1.17. The first-order chi connectivity index (χ1) is 9.51. The second kappa shape index (κ2) is 5.85. The number of hydrogen-bond donors (Lipinski definition) is 2. The Labute approximate surface area is 117 Å². The number of hydrogen-bond acceptors (Lipinski definition) is 6. The Morgan fingerprint density at radius 1 is 1.45 bits per heavy atom. The molecule has 0 aliphatic carbocycles. The number of nitrogen functional groups attached to an aromatic ring is 1. The van der Waals surface area contributed by atoms with Crippen molar-refractivity contribution >= 4 is 23.5 Å². The highest BCUT2D eigenvalue weighted by molar-refractivity contribution is 6.01. The topological polar surface area (TPSA) is 101 Å². The first kappa shape index (κ1) is 14.2. The maximum absolute atomic E-state index is 12.0. The van der Waals surface area contributed by atoms with Crippen LogP contribution in [0.2, 0.25) is 0 Å². The van der Waals surface area contributed by atoms with Gasteiger partial charge in [-0.3, -0.25) is 14.5 Å². The van der Waals surface area contributed by atoms with Crippen LogP contribution in [0.25, 0.3) is 0 Å². The van der Waals surface area contributed by atoms with Gasteiger partial charge in [0.25, 0.3) is 5.91 Å². The minimum Gasteiger partial charge on any atom is -0.384 e. The highest BCUT2D eigenvalue weighted by Gasteiger charge is 2.31. The molecule has 108 valence electrons. The number of likely N-dealkylation sites (N-methyl/N-ethyl adjacent to an activating group) is 1. The molecule has 1 aliphatic heterocycles. The van der Waals surface area contributed by atoms with Crippen molar-refractivity contribution in [2.24, 2.45) is 0 Å². The molecule has 1 atom stereocenters. The smallest absolute Gasteiger partial charge is 0.251 e. The van der Waals surface area contributed by atoms with Crippen molar-refractivity contribution in [1.82, 2.24) is 14.9 Å². The largest absolute Gasteiger partial charge is 0.384 e. The van der Waals surface area contributed by atoms with Gasteiger partial charge in [0.1, 0.15) is 23.5 Å². The quantitative estimate of drug-likeness (QED) is 0.780. The predicted octanol–water partition coefficient (Wildman–Crippen LogP) is 0.571. The van der Waals surface area contributed by atoms with E-state index in [9.17, 15) is 9.59 Å². The Balaban J connectivity index is 2.13. The summed E-state index contributed by atoms with van der Waals surface area (Å²) in [7, 11) is 1.50. The zero-order valence-corrected chi connectivity index (χ0v) is 11.7. The Morgan fingerprint density at radius 2 is 2.20 bits per heavy atom. The van der Waals surface area contributed by atoms with E-state index in [4.69, 9.17) is 5.73 Å². The van der Waals surface area contributed by atoms with E-state index in [0.29, 0.717) is 30.3 Å². The first-order valence-corrected chi connectivity index (χ1v) is 6.71. The van der Waals surface area contributed by atoms with Crippen molar-refractivity contribution in [3.63, 3.8) is 0 Å². The maximum Gasteiger partial charge on any atom is 0.251 e. The van der Waals surface area contributed by atoms with Crippen LogP contribution in [-0.4, -0.2) is 39.8 Å². The molecule has 0 aromatic carbocycles. The third-order valence-corrected chi connectivity index (χ3v) is 3.24. The monoisotopic (exact) mass is 277 g/mol. The molecule has 2 amide bonds. The van der Waals surface area contributed by atoms with Crippen molar-refractivity contribution in [3.05, 3.63) is 11.9 Å². The number of imide groups is 1. The number of carbonyl (C=O) groups is 2. The lowest BCUT2D eigenvalue weighted by molar-refractivity contribution is -0.146. The molecule has 1 aliphatic rings. The molecule has 1 saturated heterocycles. The molecule has 0 spiro atoms. The minimum atomic E-state index is -0.443. The molecule has 0 radical (unpaired) electrons. The maximum atomic E-state index is 12.0. The number of aromatic nitrogens is 2. The van der Waals surface area contributed by atoms with Crippen LogP contribution in [-0.2, 0) is 16.0 Å². The molecular formula is C13H19N5O2. The molecule has 1 aromatic heterocycles. The number of likely N-dealkylation sites (tertiary alicyclic amines) is 1. The number of rotatable bonds is 4. The van der Waals surface area contributed by atoms with Gasteiger partial charge < -0.3 is 11.1 Å². The van der Waals surface area contributed by atoms with Crippen LogP contribution in [0.5, 0.6) is 0 Å². The van der Waals surface area contributed by atoms with Gasteiger partial charge in [-0.05, 0) is 12.8 Å².